The third kappa shape index (κ3) is 4.78. The van der Waals surface area contributed by atoms with Gasteiger partial charge < -0.3 is 16.0 Å². The fourth-order valence-electron chi connectivity index (χ4n) is 2.98. The molecule has 0 radical (unpaired) electrons. The minimum Gasteiger partial charge on any atom is -0.393 e. The Kier molecular flexibility index (Phi) is 5.43. The molecule has 160 valence electrons. The van der Waals surface area contributed by atoms with Crippen LogP contribution in [0.4, 0.5) is 32.1 Å². The van der Waals surface area contributed by atoms with Crippen molar-refractivity contribution in [3.05, 3.63) is 5.82 Å². The molecule has 1 aliphatic heterocycles. The number of aromatic nitrogens is 6. The molecule has 0 saturated carbocycles. The molecular formula is C16H27F2N11. The number of alkyl halides is 2. The van der Waals surface area contributed by atoms with Crippen LogP contribution in [-0.2, 0) is 13.6 Å². The summed E-state index contributed by atoms with van der Waals surface area (Å²) < 4.78 is 29.2. The summed E-state index contributed by atoms with van der Waals surface area (Å²) in [6.07, 6.45) is -0.242. The van der Waals surface area contributed by atoms with Crippen LogP contribution < -0.4 is 26.4 Å². The molecule has 0 amide bonds. The summed E-state index contributed by atoms with van der Waals surface area (Å²) >= 11 is 0. The van der Waals surface area contributed by atoms with Gasteiger partial charge in [0.1, 0.15) is 5.69 Å². The number of tetrazole rings is 1. The van der Waals surface area contributed by atoms with Crippen molar-refractivity contribution < 1.29 is 8.78 Å². The first-order valence-corrected chi connectivity index (χ1v) is 9.24. The third-order valence-corrected chi connectivity index (χ3v) is 4.39. The van der Waals surface area contributed by atoms with Gasteiger partial charge in [0.15, 0.2) is 17.5 Å². The van der Waals surface area contributed by atoms with E-state index in [1.807, 2.05) is 20.8 Å². The maximum atomic E-state index is 13.8. The number of hydrogen-bond donors (Lipinski definition) is 3. The van der Waals surface area contributed by atoms with Crippen molar-refractivity contribution in [2.75, 3.05) is 41.1 Å². The highest BCUT2D eigenvalue weighted by Gasteiger charge is 2.40. The zero-order chi connectivity index (χ0) is 21.4. The van der Waals surface area contributed by atoms with E-state index in [1.165, 1.54) is 9.58 Å². The second-order valence-electron chi connectivity index (χ2n) is 8.04. The second kappa shape index (κ2) is 7.54. The molecule has 1 saturated heterocycles. The van der Waals surface area contributed by atoms with Crippen LogP contribution in [0.25, 0.3) is 0 Å². The molecule has 0 atom stereocenters. The number of nitrogen functional groups attached to an aromatic ring is 1. The summed E-state index contributed by atoms with van der Waals surface area (Å²) in [6, 6.07) is 0. The standard InChI is InChI=1S/C16H27F2N11/c1-15(2,3)23-14-21-12(28-7-6-16(17,18)9-28)11(19)13(22-14)29(20-4)8-10-24-25-26-27(10)5/h20H,6-9,19H2,1-5H3,(H,21,22,23). The van der Waals surface area contributed by atoms with Crippen LogP contribution in [0.5, 0.6) is 0 Å². The van der Waals surface area contributed by atoms with Crippen LogP contribution in [-0.4, -0.2) is 61.8 Å². The molecule has 0 aromatic carbocycles. The average molecular weight is 411 g/mol. The van der Waals surface area contributed by atoms with Gasteiger partial charge in [0.25, 0.3) is 5.92 Å². The highest BCUT2D eigenvalue weighted by molar-refractivity contribution is 5.77. The van der Waals surface area contributed by atoms with Crippen molar-refractivity contribution >= 4 is 23.3 Å². The van der Waals surface area contributed by atoms with E-state index in [2.05, 4.69) is 36.2 Å². The summed E-state index contributed by atoms with van der Waals surface area (Å²) in [4.78, 5) is 10.5. The topological polar surface area (TPSA) is 126 Å². The number of aryl methyl sites for hydroxylation is 1. The molecule has 1 fully saturated rings. The molecule has 3 rings (SSSR count). The summed E-state index contributed by atoms with van der Waals surface area (Å²) in [6.45, 7) is 5.85. The number of anilines is 4. The first kappa shape index (κ1) is 20.9. The Labute approximate surface area is 167 Å². The van der Waals surface area contributed by atoms with E-state index in [-0.39, 0.29) is 36.6 Å². The molecule has 4 N–H and O–H groups in total. The maximum Gasteiger partial charge on any atom is 0.266 e. The monoisotopic (exact) mass is 411 g/mol. The second-order valence-corrected chi connectivity index (χ2v) is 8.04. The fourth-order valence-corrected chi connectivity index (χ4v) is 2.98. The van der Waals surface area contributed by atoms with Gasteiger partial charge in [-0.25, -0.2) is 18.9 Å². The molecule has 0 bridgehead atoms. The molecule has 1 aliphatic rings. The average Bonchev–Trinajstić information content (AvgIpc) is 3.18. The molecule has 11 nitrogen and oxygen atoms in total. The lowest BCUT2D eigenvalue weighted by Gasteiger charge is -2.28. The Hall–Kier alpha value is -2.83. The van der Waals surface area contributed by atoms with Gasteiger partial charge in [0.2, 0.25) is 5.95 Å². The van der Waals surface area contributed by atoms with Gasteiger partial charge in [-0.1, -0.05) is 0 Å². The van der Waals surface area contributed by atoms with Gasteiger partial charge in [-0.2, -0.15) is 9.97 Å². The van der Waals surface area contributed by atoms with Crippen molar-refractivity contribution in [3.8, 4) is 0 Å². The summed E-state index contributed by atoms with van der Waals surface area (Å²) in [7, 11) is 3.42. The summed E-state index contributed by atoms with van der Waals surface area (Å²) in [5.74, 6) is -1.29. The molecular weight excluding hydrogens is 384 g/mol. The van der Waals surface area contributed by atoms with Crippen LogP contribution in [0.3, 0.4) is 0 Å². The Morgan fingerprint density at radius 2 is 2.00 bits per heavy atom. The first-order chi connectivity index (χ1) is 13.5. The highest BCUT2D eigenvalue weighted by atomic mass is 19.3. The Morgan fingerprint density at radius 3 is 2.52 bits per heavy atom. The first-order valence-electron chi connectivity index (χ1n) is 9.24. The van der Waals surface area contributed by atoms with E-state index >= 15 is 0 Å². The van der Waals surface area contributed by atoms with Crippen LogP contribution >= 0.6 is 0 Å². The normalized spacial score (nSPS) is 16.3. The number of nitrogens with one attached hydrogen (secondary N) is 2. The van der Waals surface area contributed by atoms with Crippen LogP contribution in [0.1, 0.15) is 33.0 Å². The zero-order valence-corrected chi connectivity index (χ0v) is 17.2. The molecule has 0 aliphatic carbocycles. The van der Waals surface area contributed by atoms with Gasteiger partial charge in [-0.05, 0) is 31.2 Å². The molecule has 29 heavy (non-hydrogen) atoms. The minimum atomic E-state index is -2.78. The maximum absolute atomic E-state index is 13.8. The van der Waals surface area contributed by atoms with Gasteiger partial charge in [-0.3, -0.25) is 5.01 Å². The largest absolute Gasteiger partial charge is 0.393 e. The quantitative estimate of drug-likeness (QED) is 0.587. The zero-order valence-electron chi connectivity index (χ0n) is 17.2. The Bertz CT molecular complexity index is 861. The summed E-state index contributed by atoms with van der Waals surface area (Å²) in [5.41, 5.74) is 9.22. The fraction of sp³-hybridized carbons (Fsp3) is 0.688. The lowest BCUT2D eigenvalue weighted by atomic mass is 10.1. The van der Waals surface area contributed by atoms with Crippen LogP contribution in [0.2, 0.25) is 0 Å². The van der Waals surface area contributed by atoms with Gasteiger partial charge in [0.05, 0.1) is 13.1 Å². The SMILES string of the molecule is CNN(Cc1nnnn1C)c1nc(NC(C)(C)C)nc(N2CCC(F)(F)C2)c1N. The molecule has 3 heterocycles. The van der Waals surface area contributed by atoms with E-state index in [0.717, 1.165) is 0 Å². The predicted molar refractivity (Wildman–Crippen MR) is 106 cm³/mol. The summed E-state index contributed by atoms with van der Waals surface area (Å²) in [5, 5.41) is 16.3. The number of nitrogens with two attached hydrogens (primary N) is 1. The third-order valence-electron chi connectivity index (χ3n) is 4.39. The minimum absolute atomic E-state index is 0.162. The van der Waals surface area contributed by atoms with Gasteiger partial charge in [-0.15, -0.1) is 5.10 Å². The number of hydrazine groups is 1. The van der Waals surface area contributed by atoms with Gasteiger partial charge in [0, 0.05) is 32.6 Å². The van der Waals surface area contributed by atoms with Crippen molar-refractivity contribution in [2.24, 2.45) is 7.05 Å². The smallest absolute Gasteiger partial charge is 0.266 e. The molecule has 0 unspecified atom stereocenters. The Balaban J connectivity index is 2.03. The predicted octanol–water partition coefficient (Wildman–Crippen LogP) is 0.779. The lowest BCUT2D eigenvalue weighted by Crippen LogP contribution is -2.38. The highest BCUT2D eigenvalue weighted by Crippen LogP contribution is 2.37. The number of halogens is 2. The van der Waals surface area contributed by atoms with Crippen molar-refractivity contribution in [1.82, 2.24) is 35.6 Å². The molecule has 0 spiro atoms. The molecule has 2 aromatic heterocycles. The number of nitrogens with zero attached hydrogens (tertiary/aromatic N) is 8. The molecule has 2 aromatic rings. The van der Waals surface area contributed by atoms with E-state index < -0.39 is 12.5 Å². The van der Waals surface area contributed by atoms with E-state index in [4.69, 9.17) is 5.73 Å². The van der Waals surface area contributed by atoms with Crippen molar-refractivity contribution in [3.63, 3.8) is 0 Å². The van der Waals surface area contributed by atoms with Crippen LogP contribution in [0, 0.1) is 0 Å². The Morgan fingerprint density at radius 1 is 1.28 bits per heavy atom. The van der Waals surface area contributed by atoms with Crippen molar-refractivity contribution in [2.45, 2.75) is 45.2 Å². The van der Waals surface area contributed by atoms with E-state index in [0.29, 0.717) is 17.6 Å². The van der Waals surface area contributed by atoms with E-state index in [1.54, 1.807) is 19.1 Å². The van der Waals surface area contributed by atoms with Crippen molar-refractivity contribution in [1.29, 1.82) is 0 Å². The molecule has 13 heteroatoms. The van der Waals surface area contributed by atoms with E-state index in [9.17, 15) is 8.78 Å². The number of hydrogen-bond acceptors (Lipinski definition) is 10. The lowest BCUT2D eigenvalue weighted by molar-refractivity contribution is 0.0257. The van der Waals surface area contributed by atoms with Crippen LogP contribution in [0.15, 0.2) is 0 Å². The number of rotatable bonds is 6. The van der Waals surface area contributed by atoms with Gasteiger partial charge >= 0.3 is 0 Å².